The molecule has 2 aromatic rings. The quantitative estimate of drug-likeness (QED) is 0.422. The van der Waals surface area contributed by atoms with Gasteiger partial charge in [0.2, 0.25) is 0 Å². The molecule has 0 aliphatic rings. The highest BCUT2D eigenvalue weighted by Crippen LogP contribution is 2.20. The zero-order chi connectivity index (χ0) is 15.8. The van der Waals surface area contributed by atoms with Crippen molar-refractivity contribution in [2.24, 2.45) is 10.7 Å². The third-order valence-corrected chi connectivity index (χ3v) is 3.07. The molecule has 2 aromatic carbocycles. The first-order chi connectivity index (χ1) is 10.6. The number of rotatable bonds is 6. The Labute approximate surface area is 155 Å². The van der Waals surface area contributed by atoms with E-state index < -0.39 is 0 Å². The first-order valence-electron chi connectivity index (χ1n) is 7.46. The molecule has 0 bridgehead atoms. The van der Waals surface area contributed by atoms with Crippen LogP contribution < -0.4 is 15.8 Å². The molecule has 0 fully saturated rings. The summed E-state index contributed by atoms with van der Waals surface area (Å²) in [7, 11) is 0. The smallest absolute Gasteiger partial charge is 0.189 e. The van der Waals surface area contributed by atoms with Gasteiger partial charge < -0.3 is 15.8 Å². The lowest BCUT2D eigenvalue weighted by molar-refractivity contribution is 0.303. The Morgan fingerprint density at radius 2 is 1.74 bits per heavy atom. The van der Waals surface area contributed by atoms with Crippen LogP contribution in [0, 0.1) is 0 Å². The highest BCUT2D eigenvalue weighted by molar-refractivity contribution is 14.0. The second-order valence-electron chi connectivity index (χ2n) is 5.38. The summed E-state index contributed by atoms with van der Waals surface area (Å²) in [6.07, 6.45) is 0. The third-order valence-electron chi connectivity index (χ3n) is 3.07. The molecule has 0 aliphatic carbocycles. The van der Waals surface area contributed by atoms with Gasteiger partial charge >= 0.3 is 0 Å². The minimum atomic E-state index is 0. The maximum absolute atomic E-state index is 5.91. The largest absolute Gasteiger partial charge is 0.489 e. The Balaban J connectivity index is 0.00000264. The fraction of sp³-hybridized carbons (Fsp3) is 0.278. The summed E-state index contributed by atoms with van der Waals surface area (Å²) < 4.78 is 5.91. The maximum Gasteiger partial charge on any atom is 0.189 e. The molecule has 124 valence electrons. The number of hydrogen-bond donors (Lipinski definition) is 2. The van der Waals surface area contributed by atoms with Crippen LogP contribution in [0.15, 0.2) is 59.6 Å². The summed E-state index contributed by atoms with van der Waals surface area (Å²) in [5.74, 6) is 1.29. The Morgan fingerprint density at radius 1 is 1.09 bits per heavy atom. The minimum Gasteiger partial charge on any atom is -0.489 e. The lowest BCUT2D eigenvalue weighted by Gasteiger charge is -2.11. The van der Waals surface area contributed by atoms with E-state index >= 15 is 0 Å². The van der Waals surface area contributed by atoms with Gasteiger partial charge in [-0.15, -0.1) is 24.0 Å². The summed E-state index contributed by atoms with van der Waals surface area (Å²) in [6, 6.07) is 18.3. The van der Waals surface area contributed by atoms with Crippen molar-refractivity contribution in [2.75, 3.05) is 0 Å². The monoisotopic (exact) mass is 425 g/mol. The van der Waals surface area contributed by atoms with Gasteiger partial charge in [-0.25, -0.2) is 4.99 Å². The molecule has 0 amide bonds. The maximum atomic E-state index is 5.91. The predicted molar refractivity (Wildman–Crippen MR) is 106 cm³/mol. The van der Waals surface area contributed by atoms with Gasteiger partial charge in [0.1, 0.15) is 12.4 Å². The van der Waals surface area contributed by atoms with Crippen molar-refractivity contribution in [1.82, 2.24) is 5.32 Å². The molecule has 4 nitrogen and oxygen atoms in total. The first-order valence-corrected chi connectivity index (χ1v) is 7.46. The molecule has 0 atom stereocenters. The van der Waals surface area contributed by atoms with Gasteiger partial charge in [-0.1, -0.05) is 48.5 Å². The normalized spacial score (nSPS) is 11.0. The van der Waals surface area contributed by atoms with Crippen LogP contribution in [0.3, 0.4) is 0 Å². The molecule has 3 N–H and O–H groups in total. The van der Waals surface area contributed by atoms with Gasteiger partial charge in [0.05, 0.1) is 6.54 Å². The highest BCUT2D eigenvalue weighted by atomic mass is 127. The predicted octanol–water partition coefficient (Wildman–Crippen LogP) is 3.70. The summed E-state index contributed by atoms with van der Waals surface area (Å²) >= 11 is 0. The van der Waals surface area contributed by atoms with E-state index in [1.807, 2.05) is 68.4 Å². The Hall–Kier alpha value is -1.76. The van der Waals surface area contributed by atoms with Crippen molar-refractivity contribution in [3.8, 4) is 5.75 Å². The van der Waals surface area contributed by atoms with Crippen molar-refractivity contribution in [3.05, 3.63) is 65.7 Å². The number of halogens is 1. The fourth-order valence-electron chi connectivity index (χ4n) is 2.02. The lowest BCUT2D eigenvalue weighted by Crippen LogP contribution is -2.36. The van der Waals surface area contributed by atoms with E-state index in [4.69, 9.17) is 10.5 Å². The number of aliphatic imine (C=N–C) groups is 1. The van der Waals surface area contributed by atoms with Crippen LogP contribution in [0.4, 0.5) is 0 Å². The molecule has 5 heteroatoms. The van der Waals surface area contributed by atoms with Crippen LogP contribution in [0.1, 0.15) is 25.0 Å². The fourth-order valence-corrected chi connectivity index (χ4v) is 2.02. The zero-order valence-corrected chi connectivity index (χ0v) is 15.9. The molecule has 23 heavy (non-hydrogen) atoms. The molecular formula is C18H24IN3O. The number of para-hydroxylation sites is 1. The van der Waals surface area contributed by atoms with Gasteiger partial charge in [-0.05, 0) is 25.5 Å². The van der Waals surface area contributed by atoms with E-state index in [-0.39, 0.29) is 30.0 Å². The average Bonchev–Trinajstić information content (AvgIpc) is 2.52. The van der Waals surface area contributed by atoms with Gasteiger partial charge in [0.25, 0.3) is 0 Å². The molecule has 0 unspecified atom stereocenters. The standard InChI is InChI=1S/C18H23N3O.HI/c1-14(2)21-18(19)20-12-16-10-6-7-11-17(16)22-13-15-8-4-3-5-9-15;/h3-11,14H,12-13H2,1-2H3,(H3,19,20,21);1H. The van der Waals surface area contributed by atoms with Crippen molar-refractivity contribution in [1.29, 1.82) is 0 Å². The molecule has 2 rings (SSSR count). The second-order valence-corrected chi connectivity index (χ2v) is 5.38. The number of ether oxygens (including phenoxy) is 1. The summed E-state index contributed by atoms with van der Waals surface area (Å²) in [5, 5.41) is 3.08. The topological polar surface area (TPSA) is 59.6 Å². The van der Waals surface area contributed by atoms with Crippen LogP contribution in [-0.2, 0) is 13.2 Å². The van der Waals surface area contributed by atoms with Crippen LogP contribution in [0.5, 0.6) is 5.75 Å². The van der Waals surface area contributed by atoms with Crippen LogP contribution in [0.25, 0.3) is 0 Å². The molecule has 0 aliphatic heterocycles. The Kier molecular flexibility index (Phi) is 8.47. The number of guanidine groups is 1. The number of nitrogens with zero attached hydrogens (tertiary/aromatic N) is 1. The van der Waals surface area contributed by atoms with Crippen molar-refractivity contribution in [3.63, 3.8) is 0 Å². The second kappa shape index (κ2) is 10.1. The Bertz CT molecular complexity index is 615. The van der Waals surface area contributed by atoms with Crippen LogP contribution in [-0.4, -0.2) is 12.0 Å². The number of nitrogens with two attached hydrogens (primary N) is 1. The Morgan fingerprint density at radius 3 is 2.43 bits per heavy atom. The molecule has 0 saturated carbocycles. The van der Waals surface area contributed by atoms with Crippen molar-refractivity contribution < 1.29 is 4.74 Å². The summed E-state index contributed by atoms with van der Waals surface area (Å²) in [4.78, 5) is 4.35. The van der Waals surface area contributed by atoms with Gasteiger partial charge in [0.15, 0.2) is 5.96 Å². The molecule has 0 aromatic heterocycles. The van der Waals surface area contributed by atoms with E-state index in [1.54, 1.807) is 0 Å². The third kappa shape index (κ3) is 6.90. The lowest BCUT2D eigenvalue weighted by atomic mass is 10.2. The van der Waals surface area contributed by atoms with E-state index in [0.717, 1.165) is 16.9 Å². The average molecular weight is 425 g/mol. The number of benzene rings is 2. The molecular weight excluding hydrogens is 401 g/mol. The minimum absolute atomic E-state index is 0. The van der Waals surface area contributed by atoms with Crippen LogP contribution >= 0.6 is 24.0 Å². The summed E-state index contributed by atoms with van der Waals surface area (Å²) in [6.45, 7) is 5.09. The molecule has 0 saturated heterocycles. The van der Waals surface area contributed by atoms with E-state index in [2.05, 4.69) is 10.3 Å². The van der Waals surface area contributed by atoms with E-state index in [9.17, 15) is 0 Å². The highest BCUT2D eigenvalue weighted by Gasteiger charge is 2.03. The van der Waals surface area contributed by atoms with Crippen molar-refractivity contribution >= 4 is 29.9 Å². The van der Waals surface area contributed by atoms with E-state index in [0.29, 0.717) is 19.1 Å². The summed E-state index contributed by atoms with van der Waals surface area (Å²) in [5.41, 5.74) is 8.00. The van der Waals surface area contributed by atoms with Gasteiger partial charge in [-0.2, -0.15) is 0 Å². The zero-order valence-electron chi connectivity index (χ0n) is 13.5. The number of hydrogen-bond acceptors (Lipinski definition) is 2. The van der Waals surface area contributed by atoms with Crippen molar-refractivity contribution in [2.45, 2.75) is 33.0 Å². The van der Waals surface area contributed by atoms with Gasteiger partial charge in [-0.3, -0.25) is 0 Å². The van der Waals surface area contributed by atoms with E-state index in [1.165, 1.54) is 0 Å². The molecule has 0 spiro atoms. The SMILES string of the molecule is CC(C)NC(N)=NCc1ccccc1OCc1ccccc1.I. The number of nitrogens with one attached hydrogen (secondary N) is 1. The molecule has 0 heterocycles. The first kappa shape index (κ1) is 19.3. The molecule has 0 radical (unpaired) electrons. The van der Waals surface area contributed by atoms with Crippen LogP contribution in [0.2, 0.25) is 0 Å². The van der Waals surface area contributed by atoms with Gasteiger partial charge in [0, 0.05) is 11.6 Å².